The highest BCUT2D eigenvalue weighted by Crippen LogP contribution is 2.72. The van der Waals surface area contributed by atoms with Crippen LogP contribution in [0.1, 0.15) is 84.5 Å². The van der Waals surface area contributed by atoms with Crippen molar-refractivity contribution < 1.29 is 33.0 Å². The number of carbonyl (C=O) groups excluding carboxylic acids is 2. The van der Waals surface area contributed by atoms with Gasteiger partial charge in [-0.05, 0) is 76.4 Å². The number of rotatable bonds is 4. The van der Waals surface area contributed by atoms with Crippen molar-refractivity contribution >= 4 is 11.6 Å². The first-order chi connectivity index (χ1) is 19.5. The molecule has 0 amide bonds. The molecule has 0 aromatic heterocycles. The number of ether oxygens (including phenoxy) is 2. The van der Waals surface area contributed by atoms with Crippen LogP contribution >= 0.6 is 0 Å². The van der Waals surface area contributed by atoms with Gasteiger partial charge >= 0.3 is 0 Å². The summed E-state index contributed by atoms with van der Waals surface area (Å²) in [5.41, 5.74) is -4.39. The Kier molecular flexibility index (Phi) is 6.74. The summed E-state index contributed by atoms with van der Waals surface area (Å²) in [6.45, 7) is 5.06. The lowest BCUT2D eigenvalue weighted by atomic mass is 9.44. The second-order valence-corrected chi connectivity index (χ2v) is 14.6. The molecule has 0 aromatic carbocycles. The Morgan fingerprint density at radius 1 is 1.10 bits per heavy atom. The third-order valence-electron chi connectivity index (χ3n) is 12.7. The van der Waals surface area contributed by atoms with Crippen molar-refractivity contribution in [3.8, 4) is 0 Å². The molecule has 7 rings (SSSR count). The van der Waals surface area contributed by atoms with Gasteiger partial charge < -0.3 is 14.6 Å². The highest BCUT2D eigenvalue weighted by Gasteiger charge is 2.79. The molecule has 4 saturated carbocycles. The zero-order valence-corrected chi connectivity index (χ0v) is 24.5. The van der Waals surface area contributed by atoms with E-state index in [1.807, 2.05) is 18.7 Å². The van der Waals surface area contributed by atoms with Gasteiger partial charge in [0.15, 0.2) is 29.1 Å². The van der Waals surface area contributed by atoms with Crippen molar-refractivity contribution in [3.05, 3.63) is 23.8 Å². The van der Waals surface area contributed by atoms with Crippen LogP contribution in [0.25, 0.3) is 0 Å². The summed E-state index contributed by atoms with van der Waals surface area (Å²) in [6.07, 6.45) is 9.48. The van der Waals surface area contributed by atoms with Gasteiger partial charge in [-0.3, -0.25) is 14.5 Å². The number of likely N-dealkylation sites (tertiary alicyclic amines) is 1. The van der Waals surface area contributed by atoms with Crippen molar-refractivity contribution in [2.24, 2.45) is 28.6 Å². The maximum Gasteiger partial charge on any atom is 0.181 e. The van der Waals surface area contributed by atoms with Crippen molar-refractivity contribution in [1.82, 2.24) is 4.90 Å². The number of aliphatic hydroxyl groups is 1. The average Bonchev–Trinajstić information content (AvgIpc) is 3.45. The minimum Gasteiger partial charge on any atom is -0.390 e. The molecule has 6 fully saturated rings. The normalized spacial score (nSPS) is 48.8. The van der Waals surface area contributed by atoms with Crippen LogP contribution in [0, 0.1) is 28.6 Å². The third kappa shape index (κ3) is 3.85. The highest BCUT2D eigenvalue weighted by atomic mass is 19.1. The molecule has 9 atom stereocenters. The van der Waals surface area contributed by atoms with Crippen LogP contribution in [0.2, 0.25) is 0 Å². The first-order valence-electron chi connectivity index (χ1n) is 16.1. The first kappa shape index (κ1) is 28.3. The van der Waals surface area contributed by atoms with Gasteiger partial charge in [0.2, 0.25) is 0 Å². The lowest BCUT2D eigenvalue weighted by Gasteiger charge is -2.62. The van der Waals surface area contributed by atoms with Crippen molar-refractivity contribution in [3.63, 3.8) is 0 Å². The topological polar surface area (TPSA) is 76.1 Å². The average molecular weight is 574 g/mol. The molecular weight excluding hydrogens is 528 g/mol. The van der Waals surface area contributed by atoms with Gasteiger partial charge in [0.05, 0.1) is 18.8 Å². The third-order valence-corrected chi connectivity index (χ3v) is 12.7. The Morgan fingerprint density at radius 2 is 1.83 bits per heavy atom. The zero-order valence-electron chi connectivity index (χ0n) is 24.5. The van der Waals surface area contributed by atoms with Crippen LogP contribution in [0.4, 0.5) is 8.78 Å². The van der Waals surface area contributed by atoms with Gasteiger partial charge in [-0.1, -0.05) is 37.8 Å². The zero-order chi connectivity index (χ0) is 28.8. The molecule has 226 valence electrons. The van der Waals surface area contributed by atoms with Gasteiger partial charge in [0.1, 0.15) is 6.17 Å². The molecule has 8 heteroatoms. The molecule has 6 nitrogen and oxygen atoms in total. The number of ketones is 2. The number of allylic oxidation sites excluding steroid dienone is 4. The maximum absolute atomic E-state index is 17.7. The number of alkyl halides is 2. The van der Waals surface area contributed by atoms with E-state index >= 15 is 4.39 Å². The number of Topliss-reactive ketones (excluding diaryl/α,β-unsaturated/α-hetero) is 1. The van der Waals surface area contributed by atoms with E-state index in [1.165, 1.54) is 12.5 Å². The van der Waals surface area contributed by atoms with E-state index in [9.17, 15) is 19.1 Å². The second kappa shape index (κ2) is 9.76. The summed E-state index contributed by atoms with van der Waals surface area (Å²) in [5, 5.41) is 11.8. The molecular formula is C33H45F2NO5. The summed E-state index contributed by atoms with van der Waals surface area (Å²) in [5.74, 6) is -0.704. The smallest absolute Gasteiger partial charge is 0.181 e. The fraction of sp³-hybridized carbons (Fsp3) is 0.818. The fourth-order valence-corrected chi connectivity index (χ4v) is 10.5. The van der Waals surface area contributed by atoms with Crippen LogP contribution in [-0.4, -0.2) is 77.1 Å². The lowest BCUT2D eigenvalue weighted by molar-refractivity contribution is -0.235. The van der Waals surface area contributed by atoms with E-state index in [4.69, 9.17) is 9.47 Å². The Labute approximate surface area is 241 Å². The Hall–Kier alpha value is -1.48. The summed E-state index contributed by atoms with van der Waals surface area (Å²) < 4.78 is 45.2. The molecule has 0 bridgehead atoms. The second-order valence-electron chi connectivity index (χ2n) is 14.6. The number of piperidine rings is 1. The molecule has 7 aliphatic rings. The molecule has 0 aromatic rings. The molecule has 1 N–H and O–H groups in total. The van der Waals surface area contributed by atoms with Gasteiger partial charge in [0, 0.05) is 35.8 Å². The Balaban J connectivity index is 1.25. The monoisotopic (exact) mass is 573 g/mol. The lowest BCUT2D eigenvalue weighted by Crippen LogP contribution is -2.70. The number of hydrogen-bond donors (Lipinski definition) is 1. The maximum atomic E-state index is 17.7. The van der Waals surface area contributed by atoms with E-state index < -0.39 is 52.7 Å². The van der Waals surface area contributed by atoms with Crippen molar-refractivity contribution in [1.29, 1.82) is 0 Å². The van der Waals surface area contributed by atoms with E-state index in [1.54, 1.807) is 12.2 Å². The summed E-state index contributed by atoms with van der Waals surface area (Å²) >= 11 is 0. The van der Waals surface area contributed by atoms with Gasteiger partial charge in [-0.15, -0.1) is 0 Å². The minimum atomic E-state index is -1.97. The molecule has 0 radical (unpaired) electrons. The van der Waals surface area contributed by atoms with Gasteiger partial charge in [0.25, 0.3) is 0 Å². The number of aliphatic hydroxyl groups excluding tert-OH is 1. The largest absolute Gasteiger partial charge is 0.390 e. The summed E-state index contributed by atoms with van der Waals surface area (Å²) in [4.78, 5) is 28.8. The van der Waals surface area contributed by atoms with E-state index in [-0.39, 0.29) is 36.4 Å². The minimum absolute atomic E-state index is 0.0626. The molecule has 2 aliphatic heterocycles. The van der Waals surface area contributed by atoms with Crippen LogP contribution < -0.4 is 0 Å². The quantitative estimate of drug-likeness (QED) is 0.509. The molecule has 5 aliphatic carbocycles. The van der Waals surface area contributed by atoms with Crippen molar-refractivity contribution in [2.75, 3.05) is 19.6 Å². The van der Waals surface area contributed by atoms with Crippen LogP contribution in [0.5, 0.6) is 0 Å². The Morgan fingerprint density at radius 3 is 2.56 bits per heavy atom. The molecule has 0 spiro atoms. The SMILES string of the molecule is C[C@]12C=CC(=O)C=C1CC[C@H]1[C@@H]3C[C@@H]4OC(C5CCCCC5)O[C@@]4(C(=O)CN4CCC(F)CC4)[C@@]3(C)C[C@H](O)[C@@]12F. The highest BCUT2D eigenvalue weighted by molar-refractivity contribution is 6.01. The van der Waals surface area contributed by atoms with Crippen LogP contribution in [0.3, 0.4) is 0 Å². The first-order valence-corrected chi connectivity index (χ1v) is 16.1. The molecule has 2 heterocycles. The van der Waals surface area contributed by atoms with E-state index in [0.29, 0.717) is 45.2 Å². The molecule has 41 heavy (non-hydrogen) atoms. The van der Waals surface area contributed by atoms with Gasteiger partial charge in [-0.25, -0.2) is 8.78 Å². The van der Waals surface area contributed by atoms with Crippen molar-refractivity contribution in [2.45, 2.75) is 120 Å². The predicted molar refractivity (Wildman–Crippen MR) is 148 cm³/mol. The summed E-state index contributed by atoms with van der Waals surface area (Å²) in [6, 6.07) is 0. The van der Waals surface area contributed by atoms with E-state index in [2.05, 4.69) is 0 Å². The summed E-state index contributed by atoms with van der Waals surface area (Å²) in [7, 11) is 0. The standard InChI is InChI=1S/C33H45F2NO5/c1-30-13-10-23(37)16-21(30)8-9-24-25-17-28-33(31(25,2)18-26(38)32(24,30)35,27(39)19-36-14-11-22(34)12-15-36)41-29(40-28)20-6-4-3-5-7-20/h10,13,16,20,22,24-26,28-29,38H,3-9,11-12,14-15,17-19H2,1-2H3/t24-,25-,26-,28-,29?,30-,31-,32-,33+/m0/s1. The van der Waals surface area contributed by atoms with Crippen LogP contribution in [-0.2, 0) is 19.1 Å². The number of hydrogen-bond acceptors (Lipinski definition) is 6. The van der Waals surface area contributed by atoms with Crippen LogP contribution in [0.15, 0.2) is 23.8 Å². The molecule has 1 unspecified atom stereocenters. The Bertz CT molecular complexity index is 1160. The predicted octanol–water partition coefficient (Wildman–Crippen LogP) is 5.03. The number of nitrogens with zero attached hydrogens (tertiary/aromatic N) is 1. The fourth-order valence-electron chi connectivity index (χ4n) is 10.5. The van der Waals surface area contributed by atoms with Gasteiger partial charge in [-0.2, -0.15) is 0 Å². The number of carbonyl (C=O) groups is 2. The number of fused-ring (bicyclic) bond motifs is 7. The van der Waals surface area contributed by atoms with E-state index in [0.717, 1.165) is 31.3 Å². The number of halogens is 2. The molecule has 2 saturated heterocycles.